The van der Waals surface area contributed by atoms with Crippen molar-refractivity contribution >= 4 is 5.91 Å². The number of nitrogens with zero attached hydrogens (tertiary/aromatic N) is 1. The summed E-state index contributed by atoms with van der Waals surface area (Å²) in [5, 5.41) is 3.55. The number of amides is 1. The SMILES string of the molecule is CC(C)CCNCc1ccc2c(c1)CC(N(C)C(=O)c1ccc(OCC3CC3)cc1)C2. The fourth-order valence-electron chi connectivity index (χ4n) is 4.22. The van der Waals surface area contributed by atoms with Gasteiger partial charge in [-0.2, -0.15) is 0 Å². The summed E-state index contributed by atoms with van der Waals surface area (Å²) in [6.07, 6.45) is 5.62. The standard InChI is InChI=1S/C27H36N2O2/c1-19(2)12-13-28-17-21-6-7-23-15-25(16-24(23)14-21)29(3)27(30)22-8-10-26(11-9-22)31-18-20-4-5-20/h6-11,14,19-20,25,28H,4-5,12-13,15-18H2,1-3H3. The number of nitrogens with one attached hydrogen (secondary N) is 1. The summed E-state index contributed by atoms with van der Waals surface area (Å²) in [6, 6.07) is 14.6. The number of hydrogen-bond acceptors (Lipinski definition) is 3. The van der Waals surface area contributed by atoms with Gasteiger partial charge < -0.3 is 15.0 Å². The highest BCUT2D eigenvalue weighted by Crippen LogP contribution is 2.30. The van der Waals surface area contributed by atoms with Crippen molar-refractivity contribution in [2.45, 2.75) is 58.5 Å². The van der Waals surface area contributed by atoms with Crippen molar-refractivity contribution in [1.82, 2.24) is 10.2 Å². The van der Waals surface area contributed by atoms with E-state index in [1.54, 1.807) is 0 Å². The number of likely N-dealkylation sites (N-methyl/N-ethyl adjacent to an activating group) is 1. The van der Waals surface area contributed by atoms with Crippen LogP contribution in [0.5, 0.6) is 5.75 Å². The van der Waals surface area contributed by atoms with Crippen molar-refractivity contribution in [2.24, 2.45) is 11.8 Å². The van der Waals surface area contributed by atoms with E-state index in [-0.39, 0.29) is 11.9 Å². The Balaban J connectivity index is 1.30. The zero-order valence-corrected chi connectivity index (χ0v) is 19.2. The highest BCUT2D eigenvalue weighted by atomic mass is 16.5. The van der Waals surface area contributed by atoms with E-state index in [2.05, 4.69) is 37.4 Å². The summed E-state index contributed by atoms with van der Waals surface area (Å²) < 4.78 is 5.80. The molecule has 0 aromatic heterocycles. The monoisotopic (exact) mass is 420 g/mol. The van der Waals surface area contributed by atoms with Crippen LogP contribution >= 0.6 is 0 Å². The van der Waals surface area contributed by atoms with E-state index in [0.29, 0.717) is 0 Å². The molecule has 0 spiro atoms. The van der Waals surface area contributed by atoms with Crippen molar-refractivity contribution in [2.75, 3.05) is 20.2 Å². The molecule has 4 rings (SSSR count). The molecule has 0 bridgehead atoms. The van der Waals surface area contributed by atoms with E-state index in [1.165, 1.54) is 36.0 Å². The zero-order chi connectivity index (χ0) is 21.8. The molecular formula is C27H36N2O2. The van der Waals surface area contributed by atoms with Crippen molar-refractivity contribution in [3.63, 3.8) is 0 Å². The number of benzene rings is 2. The normalized spacial score (nSPS) is 17.6. The molecule has 166 valence electrons. The molecule has 1 N–H and O–H groups in total. The van der Waals surface area contributed by atoms with Crippen molar-refractivity contribution in [3.8, 4) is 5.75 Å². The molecule has 0 saturated heterocycles. The van der Waals surface area contributed by atoms with Gasteiger partial charge in [0, 0.05) is 25.2 Å². The van der Waals surface area contributed by atoms with Gasteiger partial charge in [0.1, 0.15) is 5.75 Å². The summed E-state index contributed by atoms with van der Waals surface area (Å²) in [7, 11) is 1.94. The molecule has 2 aliphatic carbocycles. The Hall–Kier alpha value is -2.33. The first-order valence-electron chi connectivity index (χ1n) is 11.8. The van der Waals surface area contributed by atoms with E-state index in [9.17, 15) is 4.79 Å². The average Bonchev–Trinajstić information content (AvgIpc) is 3.51. The second-order valence-corrected chi connectivity index (χ2v) is 9.72. The van der Waals surface area contributed by atoms with E-state index in [0.717, 1.165) is 55.7 Å². The average molecular weight is 421 g/mol. The fourth-order valence-corrected chi connectivity index (χ4v) is 4.22. The number of ether oxygens (including phenoxy) is 1. The van der Waals surface area contributed by atoms with Crippen LogP contribution in [0, 0.1) is 11.8 Å². The first-order chi connectivity index (χ1) is 15.0. The van der Waals surface area contributed by atoms with Crippen LogP contribution in [-0.4, -0.2) is 37.0 Å². The molecule has 2 aromatic rings. The molecule has 0 radical (unpaired) electrons. The Kier molecular flexibility index (Phi) is 6.96. The number of carbonyl (C=O) groups is 1. The first kappa shape index (κ1) is 21.9. The summed E-state index contributed by atoms with van der Waals surface area (Å²) >= 11 is 0. The second-order valence-electron chi connectivity index (χ2n) is 9.72. The van der Waals surface area contributed by atoms with Gasteiger partial charge >= 0.3 is 0 Å². The zero-order valence-electron chi connectivity index (χ0n) is 19.2. The molecule has 1 unspecified atom stereocenters. The van der Waals surface area contributed by atoms with E-state index in [4.69, 9.17) is 4.74 Å². The van der Waals surface area contributed by atoms with Crippen LogP contribution in [0.25, 0.3) is 0 Å². The maximum atomic E-state index is 13.0. The van der Waals surface area contributed by atoms with Crippen LogP contribution in [-0.2, 0) is 19.4 Å². The lowest BCUT2D eigenvalue weighted by molar-refractivity contribution is 0.0737. The van der Waals surface area contributed by atoms with Crippen LogP contribution < -0.4 is 10.1 Å². The van der Waals surface area contributed by atoms with E-state index in [1.807, 2.05) is 36.2 Å². The third-order valence-electron chi connectivity index (χ3n) is 6.56. The Morgan fingerprint density at radius 2 is 1.84 bits per heavy atom. The molecule has 0 aliphatic heterocycles. The number of fused-ring (bicyclic) bond motifs is 1. The smallest absolute Gasteiger partial charge is 0.253 e. The van der Waals surface area contributed by atoms with Crippen LogP contribution in [0.15, 0.2) is 42.5 Å². The summed E-state index contributed by atoms with van der Waals surface area (Å²) in [4.78, 5) is 15.0. The van der Waals surface area contributed by atoms with Gasteiger partial charge in [-0.15, -0.1) is 0 Å². The van der Waals surface area contributed by atoms with E-state index >= 15 is 0 Å². The van der Waals surface area contributed by atoms with Gasteiger partial charge in [-0.05, 0) is 91.4 Å². The number of carbonyl (C=O) groups excluding carboxylic acids is 1. The van der Waals surface area contributed by atoms with Crippen LogP contribution in [0.4, 0.5) is 0 Å². The molecular weight excluding hydrogens is 384 g/mol. The molecule has 1 amide bonds. The molecule has 2 aromatic carbocycles. The van der Waals surface area contributed by atoms with E-state index < -0.39 is 0 Å². The lowest BCUT2D eigenvalue weighted by Gasteiger charge is -2.24. The van der Waals surface area contributed by atoms with Crippen LogP contribution in [0.2, 0.25) is 0 Å². The van der Waals surface area contributed by atoms with Gasteiger partial charge in [-0.3, -0.25) is 4.79 Å². The Labute approximate surface area is 187 Å². The summed E-state index contributed by atoms with van der Waals surface area (Å²) in [6.45, 7) is 7.27. The van der Waals surface area contributed by atoms with Crippen molar-refractivity contribution < 1.29 is 9.53 Å². The maximum Gasteiger partial charge on any atom is 0.253 e. The predicted octanol–water partition coefficient (Wildman–Crippen LogP) is 4.85. The fraction of sp³-hybridized carbons (Fsp3) is 0.519. The molecule has 2 aliphatic rings. The van der Waals surface area contributed by atoms with Gasteiger partial charge in [0.2, 0.25) is 0 Å². The van der Waals surface area contributed by atoms with Crippen LogP contribution in [0.1, 0.15) is 60.2 Å². The molecule has 0 heterocycles. The maximum absolute atomic E-state index is 13.0. The highest BCUT2D eigenvalue weighted by Gasteiger charge is 2.28. The second kappa shape index (κ2) is 9.86. The van der Waals surface area contributed by atoms with Gasteiger partial charge in [-0.1, -0.05) is 32.0 Å². The number of hydrogen-bond donors (Lipinski definition) is 1. The quantitative estimate of drug-likeness (QED) is 0.559. The largest absolute Gasteiger partial charge is 0.493 e. The molecule has 31 heavy (non-hydrogen) atoms. The van der Waals surface area contributed by atoms with Gasteiger partial charge in [0.15, 0.2) is 0 Å². The summed E-state index contributed by atoms with van der Waals surface area (Å²) in [5.74, 6) is 2.40. The predicted molar refractivity (Wildman–Crippen MR) is 126 cm³/mol. The molecule has 4 heteroatoms. The first-order valence-corrected chi connectivity index (χ1v) is 11.8. The molecule has 1 saturated carbocycles. The minimum absolute atomic E-state index is 0.0853. The third-order valence-corrected chi connectivity index (χ3v) is 6.56. The highest BCUT2D eigenvalue weighted by molar-refractivity contribution is 5.94. The van der Waals surface area contributed by atoms with Gasteiger partial charge in [0.05, 0.1) is 6.61 Å². The Bertz CT molecular complexity index is 887. The minimum Gasteiger partial charge on any atom is -0.493 e. The molecule has 1 fully saturated rings. The summed E-state index contributed by atoms with van der Waals surface area (Å²) in [5.41, 5.74) is 4.82. The minimum atomic E-state index is 0.0853. The Morgan fingerprint density at radius 3 is 2.55 bits per heavy atom. The Morgan fingerprint density at radius 1 is 1.10 bits per heavy atom. The topological polar surface area (TPSA) is 41.6 Å². The van der Waals surface area contributed by atoms with Crippen molar-refractivity contribution in [3.05, 3.63) is 64.7 Å². The van der Waals surface area contributed by atoms with Gasteiger partial charge in [0.25, 0.3) is 5.91 Å². The number of rotatable bonds is 10. The third kappa shape index (κ3) is 5.88. The van der Waals surface area contributed by atoms with Gasteiger partial charge in [-0.25, -0.2) is 0 Å². The molecule has 1 atom stereocenters. The molecule has 4 nitrogen and oxygen atoms in total. The van der Waals surface area contributed by atoms with Crippen molar-refractivity contribution in [1.29, 1.82) is 0 Å². The lowest BCUT2D eigenvalue weighted by atomic mass is 10.1. The lowest BCUT2D eigenvalue weighted by Crippen LogP contribution is -2.37. The van der Waals surface area contributed by atoms with Crippen LogP contribution in [0.3, 0.4) is 0 Å².